The molecule has 1 amide bonds. The minimum Gasteiger partial charge on any atom is -0.444 e. The van der Waals surface area contributed by atoms with E-state index < -0.39 is 17.0 Å². The van der Waals surface area contributed by atoms with Crippen molar-refractivity contribution in [1.82, 2.24) is 4.90 Å². The summed E-state index contributed by atoms with van der Waals surface area (Å²) in [4.78, 5) is 37.6. The molecule has 0 aliphatic carbocycles. The molecule has 146 valence electrons. The summed E-state index contributed by atoms with van der Waals surface area (Å²) in [5, 5.41) is 11.0. The molecule has 2 aromatic rings. The molecule has 28 heavy (non-hydrogen) atoms. The lowest BCUT2D eigenvalue weighted by Gasteiger charge is -2.30. The Bertz CT molecular complexity index is 883. The molecular formula is C19H17ClN2O6. The van der Waals surface area contributed by atoms with Crippen LogP contribution >= 0.6 is 11.6 Å². The molecule has 1 heterocycles. The van der Waals surface area contributed by atoms with Crippen molar-refractivity contribution in [2.24, 2.45) is 0 Å². The van der Waals surface area contributed by atoms with Crippen molar-refractivity contribution in [2.75, 3.05) is 26.3 Å². The minimum absolute atomic E-state index is 0.00114. The lowest BCUT2D eigenvalue weighted by molar-refractivity contribution is -0.384. The van der Waals surface area contributed by atoms with Crippen LogP contribution < -0.4 is 0 Å². The monoisotopic (exact) mass is 404 g/mol. The molecule has 1 saturated heterocycles. The number of amides is 1. The number of esters is 1. The summed E-state index contributed by atoms with van der Waals surface area (Å²) < 4.78 is 10.7. The van der Waals surface area contributed by atoms with Gasteiger partial charge in [0.1, 0.15) is 0 Å². The average molecular weight is 405 g/mol. The Hall–Kier alpha value is -2.97. The predicted molar refractivity (Wildman–Crippen MR) is 100 cm³/mol. The number of hydrogen-bond acceptors (Lipinski definition) is 6. The van der Waals surface area contributed by atoms with Gasteiger partial charge in [0.25, 0.3) is 11.6 Å². The molecule has 0 spiro atoms. The van der Waals surface area contributed by atoms with Crippen LogP contribution in [-0.4, -0.2) is 48.0 Å². The van der Waals surface area contributed by atoms with E-state index in [0.717, 1.165) is 6.07 Å². The Kier molecular flexibility index (Phi) is 6.23. The SMILES string of the molecule is O=C(OC(C(=O)N1CCOCC1)c1ccccc1)c1cc([N+](=O)[O-])ccc1Cl. The molecule has 0 N–H and O–H groups in total. The van der Waals surface area contributed by atoms with Gasteiger partial charge in [0, 0.05) is 30.8 Å². The molecule has 1 aliphatic rings. The van der Waals surface area contributed by atoms with Crippen LogP contribution in [0, 0.1) is 10.1 Å². The third-order valence-electron chi connectivity index (χ3n) is 4.25. The average Bonchev–Trinajstić information content (AvgIpc) is 2.72. The topological polar surface area (TPSA) is 99.0 Å². The number of halogens is 1. The predicted octanol–water partition coefficient (Wildman–Crippen LogP) is 3.01. The first-order chi connectivity index (χ1) is 13.5. The van der Waals surface area contributed by atoms with Crippen molar-refractivity contribution in [1.29, 1.82) is 0 Å². The number of carbonyl (C=O) groups is 2. The fourth-order valence-corrected chi connectivity index (χ4v) is 2.99. The fraction of sp³-hybridized carbons (Fsp3) is 0.263. The van der Waals surface area contributed by atoms with Gasteiger partial charge in [-0.3, -0.25) is 14.9 Å². The summed E-state index contributed by atoms with van der Waals surface area (Å²) in [5.41, 5.74) is 0.0209. The Morgan fingerprint density at radius 3 is 2.46 bits per heavy atom. The zero-order chi connectivity index (χ0) is 20.1. The number of ether oxygens (including phenoxy) is 2. The van der Waals surface area contributed by atoms with E-state index >= 15 is 0 Å². The summed E-state index contributed by atoms with van der Waals surface area (Å²) in [6, 6.07) is 12.0. The summed E-state index contributed by atoms with van der Waals surface area (Å²) in [6.07, 6.45) is -1.19. The summed E-state index contributed by atoms with van der Waals surface area (Å²) in [6.45, 7) is 1.57. The van der Waals surface area contributed by atoms with Gasteiger partial charge >= 0.3 is 5.97 Å². The highest BCUT2D eigenvalue weighted by Crippen LogP contribution is 2.27. The second-order valence-corrected chi connectivity index (χ2v) is 6.46. The number of hydrogen-bond donors (Lipinski definition) is 0. The quantitative estimate of drug-likeness (QED) is 0.431. The van der Waals surface area contributed by atoms with Gasteiger partial charge < -0.3 is 14.4 Å². The maximum absolute atomic E-state index is 13.0. The Morgan fingerprint density at radius 1 is 1.14 bits per heavy atom. The van der Waals surface area contributed by atoms with E-state index in [9.17, 15) is 19.7 Å². The molecule has 0 radical (unpaired) electrons. The highest BCUT2D eigenvalue weighted by Gasteiger charge is 2.31. The molecule has 1 aliphatic heterocycles. The van der Waals surface area contributed by atoms with Crippen LogP contribution in [0.1, 0.15) is 22.0 Å². The van der Waals surface area contributed by atoms with Crippen LogP contribution in [0.3, 0.4) is 0 Å². The van der Waals surface area contributed by atoms with Gasteiger partial charge in [-0.25, -0.2) is 4.79 Å². The highest BCUT2D eigenvalue weighted by molar-refractivity contribution is 6.33. The number of non-ortho nitro benzene ring substituents is 1. The van der Waals surface area contributed by atoms with Crippen LogP contribution in [0.2, 0.25) is 5.02 Å². The van der Waals surface area contributed by atoms with Crippen molar-refractivity contribution in [2.45, 2.75) is 6.10 Å². The number of morpholine rings is 1. The molecule has 3 rings (SSSR count). The first kappa shape index (κ1) is 19.8. The number of carbonyl (C=O) groups excluding carboxylic acids is 2. The summed E-state index contributed by atoms with van der Waals surface area (Å²) in [5.74, 6) is -1.30. The lowest BCUT2D eigenvalue weighted by atomic mass is 10.1. The normalized spacial score (nSPS) is 15.0. The Balaban J connectivity index is 1.89. The van der Waals surface area contributed by atoms with Crippen molar-refractivity contribution >= 4 is 29.2 Å². The lowest BCUT2D eigenvalue weighted by Crippen LogP contribution is -2.44. The van der Waals surface area contributed by atoms with Crippen LogP contribution in [0.4, 0.5) is 5.69 Å². The van der Waals surface area contributed by atoms with E-state index in [4.69, 9.17) is 21.1 Å². The second kappa shape index (κ2) is 8.81. The van der Waals surface area contributed by atoms with E-state index in [-0.39, 0.29) is 22.2 Å². The molecule has 1 fully saturated rings. The van der Waals surface area contributed by atoms with Gasteiger partial charge in [-0.1, -0.05) is 41.9 Å². The van der Waals surface area contributed by atoms with E-state index in [0.29, 0.717) is 31.9 Å². The number of rotatable bonds is 5. The maximum atomic E-state index is 13.0. The molecule has 0 aromatic heterocycles. The number of nitro groups is 1. The van der Waals surface area contributed by atoms with Crippen LogP contribution in [0.25, 0.3) is 0 Å². The zero-order valence-electron chi connectivity index (χ0n) is 14.7. The standard InChI is InChI=1S/C19H17ClN2O6/c20-16-7-6-14(22(25)26)12-15(16)19(24)28-17(13-4-2-1-3-5-13)18(23)21-8-10-27-11-9-21/h1-7,12,17H,8-11H2. The van der Waals surface area contributed by atoms with Gasteiger partial charge in [-0.15, -0.1) is 0 Å². The van der Waals surface area contributed by atoms with Gasteiger partial charge in [0.15, 0.2) is 0 Å². The van der Waals surface area contributed by atoms with Crippen molar-refractivity contribution in [3.8, 4) is 0 Å². The Morgan fingerprint density at radius 2 is 1.82 bits per heavy atom. The van der Waals surface area contributed by atoms with Gasteiger partial charge in [0.05, 0.1) is 28.7 Å². The third-order valence-corrected chi connectivity index (χ3v) is 4.58. The molecule has 1 unspecified atom stereocenters. The van der Waals surface area contributed by atoms with E-state index in [2.05, 4.69) is 0 Å². The summed E-state index contributed by atoms with van der Waals surface area (Å²) >= 11 is 6.02. The van der Waals surface area contributed by atoms with Crippen molar-refractivity contribution in [3.05, 3.63) is 74.8 Å². The van der Waals surface area contributed by atoms with Crippen LogP contribution in [-0.2, 0) is 14.3 Å². The third kappa shape index (κ3) is 4.47. The fourth-order valence-electron chi connectivity index (χ4n) is 2.79. The molecule has 9 heteroatoms. The molecule has 1 atom stereocenters. The second-order valence-electron chi connectivity index (χ2n) is 6.05. The maximum Gasteiger partial charge on any atom is 0.341 e. The molecule has 0 saturated carbocycles. The molecule has 0 bridgehead atoms. The number of nitro benzene ring substituents is 1. The van der Waals surface area contributed by atoms with Crippen molar-refractivity contribution < 1.29 is 24.0 Å². The summed E-state index contributed by atoms with van der Waals surface area (Å²) in [7, 11) is 0. The first-order valence-corrected chi connectivity index (χ1v) is 8.91. The highest BCUT2D eigenvalue weighted by atomic mass is 35.5. The van der Waals surface area contributed by atoms with E-state index in [1.807, 2.05) is 0 Å². The van der Waals surface area contributed by atoms with E-state index in [1.165, 1.54) is 12.1 Å². The van der Waals surface area contributed by atoms with Gasteiger partial charge in [-0.05, 0) is 6.07 Å². The minimum atomic E-state index is -1.19. The van der Waals surface area contributed by atoms with Crippen molar-refractivity contribution in [3.63, 3.8) is 0 Å². The number of nitrogens with zero attached hydrogens (tertiary/aromatic N) is 2. The Labute approximate surface area is 165 Å². The largest absolute Gasteiger partial charge is 0.444 e. The van der Waals surface area contributed by atoms with Gasteiger partial charge in [0.2, 0.25) is 6.10 Å². The molecule has 8 nitrogen and oxygen atoms in total. The first-order valence-electron chi connectivity index (χ1n) is 8.54. The molecule has 2 aromatic carbocycles. The van der Waals surface area contributed by atoms with E-state index in [1.54, 1.807) is 35.2 Å². The van der Waals surface area contributed by atoms with Gasteiger partial charge in [-0.2, -0.15) is 0 Å². The zero-order valence-corrected chi connectivity index (χ0v) is 15.5. The molecular weight excluding hydrogens is 388 g/mol. The number of benzene rings is 2. The van der Waals surface area contributed by atoms with Crippen LogP contribution in [0.5, 0.6) is 0 Å². The smallest absolute Gasteiger partial charge is 0.341 e. The van der Waals surface area contributed by atoms with Crippen LogP contribution in [0.15, 0.2) is 48.5 Å².